The molecule has 1 aromatic heterocycles. The molecule has 0 saturated heterocycles. The van der Waals surface area contributed by atoms with Crippen LogP contribution in [0.15, 0.2) is 29.1 Å². The second kappa shape index (κ2) is 6.10. The molecule has 2 N–H and O–H groups in total. The number of aromatic nitrogens is 1. The lowest BCUT2D eigenvalue weighted by Gasteiger charge is -2.14. The van der Waals surface area contributed by atoms with Crippen molar-refractivity contribution in [1.82, 2.24) is 9.88 Å². The summed E-state index contributed by atoms with van der Waals surface area (Å²) in [5.41, 5.74) is 1.51. The molecule has 2 aromatic rings. The van der Waals surface area contributed by atoms with Crippen molar-refractivity contribution in [2.24, 2.45) is 0 Å². The maximum absolute atomic E-state index is 12.9. The van der Waals surface area contributed by atoms with Crippen molar-refractivity contribution in [3.8, 4) is 11.3 Å². The van der Waals surface area contributed by atoms with Gasteiger partial charge in [0.1, 0.15) is 5.82 Å². The van der Waals surface area contributed by atoms with E-state index in [1.165, 1.54) is 12.1 Å². The Kier molecular flexibility index (Phi) is 4.47. The zero-order chi connectivity index (χ0) is 13.8. The molecule has 0 radical (unpaired) electrons. The van der Waals surface area contributed by atoms with Gasteiger partial charge in [-0.3, -0.25) is 9.69 Å². The van der Waals surface area contributed by atoms with Crippen LogP contribution in [0.3, 0.4) is 0 Å². The second-order valence-corrected chi connectivity index (χ2v) is 5.35. The molecule has 0 aliphatic rings. The monoisotopic (exact) mass is 282 g/mol. The van der Waals surface area contributed by atoms with E-state index in [0.717, 1.165) is 27.5 Å². The molecule has 1 aromatic carbocycles. The van der Waals surface area contributed by atoms with E-state index in [9.17, 15) is 9.18 Å². The third-order valence-electron chi connectivity index (χ3n) is 2.75. The Balaban J connectivity index is 2.30. The van der Waals surface area contributed by atoms with E-state index in [1.54, 1.807) is 12.1 Å². The van der Waals surface area contributed by atoms with E-state index in [1.807, 2.05) is 11.9 Å². The highest BCUT2D eigenvalue weighted by Gasteiger charge is 2.12. The maximum atomic E-state index is 12.9. The summed E-state index contributed by atoms with van der Waals surface area (Å²) in [4.78, 5) is 17.0. The number of halogens is 1. The highest BCUT2D eigenvalue weighted by Crippen LogP contribution is 2.24. The fourth-order valence-electron chi connectivity index (χ4n) is 1.82. The smallest absolute Gasteiger partial charge is 0.305 e. The molecule has 0 bridgehead atoms. The van der Waals surface area contributed by atoms with Gasteiger partial charge in [0, 0.05) is 18.0 Å². The van der Waals surface area contributed by atoms with E-state index >= 15 is 0 Å². The maximum Gasteiger partial charge on any atom is 0.305 e. The Morgan fingerprint density at radius 2 is 2.05 bits per heavy atom. The highest BCUT2D eigenvalue weighted by molar-refractivity contribution is 7.09. The summed E-state index contributed by atoms with van der Waals surface area (Å²) in [7, 11) is 1.87. The first-order valence-corrected chi connectivity index (χ1v) is 6.69. The van der Waals surface area contributed by atoms with Crippen LogP contribution in [0, 0.1) is 5.82 Å². The van der Waals surface area contributed by atoms with Gasteiger partial charge in [-0.05, 0) is 36.9 Å². The number of nitrogens with one attached hydrogen (secondary N) is 1. The van der Waals surface area contributed by atoms with Gasteiger partial charge in [0.15, 0.2) is 0 Å². The van der Waals surface area contributed by atoms with Gasteiger partial charge in [0.05, 0.1) is 12.3 Å². The van der Waals surface area contributed by atoms with Crippen LogP contribution in [0.25, 0.3) is 11.3 Å². The number of aromatic amines is 1. The molecule has 0 spiro atoms. The standard InChI is InChI=1S/C13H15FN2O2S/c1-16(6-7-17)8-11-12(15-13(18)19-11)9-2-4-10(14)5-3-9/h2-5,17H,6-8H2,1H3,(H,15,18). The fourth-order valence-corrected chi connectivity index (χ4v) is 2.75. The summed E-state index contributed by atoms with van der Waals surface area (Å²) in [6.07, 6.45) is 0. The third kappa shape index (κ3) is 3.50. The summed E-state index contributed by atoms with van der Waals surface area (Å²) in [6.45, 7) is 1.17. The Bertz CT molecular complexity index is 591. The zero-order valence-corrected chi connectivity index (χ0v) is 11.3. The van der Waals surface area contributed by atoms with Crippen LogP contribution in [0.1, 0.15) is 4.88 Å². The fraction of sp³-hybridized carbons (Fsp3) is 0.308. The number of hydrogen-bond donors (Lipinski definition) is 2. The summed E-state index contributed by atoms with van der Waals surface area (Å²) in [6, 6.07) is 6.02. The summed E-state index contributed by atoms with van der Waals surface area (Å²) < 4.78 is 12.9. The molecule has 0 atom stereocenters. The first-order valence-electron chi connectivity index (χ1n) is 5.87. The van der Waals surface area contributed by atoms with Gasteiger partial charge in [-0.25, -0.2) is 4.39 Å². The van der Waals surface area contributed by atoms with Crippen molar-refractivity contribution < 1.29 is 9.50 Å². The number of nitrogens with zero attached hydrogens (tertiary/aromatic N) is 1. The summed E-state index contributed by atoms with van der Waals surface area (Å²) in [5, 5.41) is 8.89. The average Bonchev–Trinajstić information content (AvgIpc) is 2.71. The molecular formula is C13H15FN2O2S. The largest absolute Gasteiger partial charge is 0.395 e. The zero-order valence-electron chi connectivity index (χ0n) is 10.5. The van der Waals surface area contributed by atoms with Crippen LogP contribution < -0.4 is 4.87 Å². The molecule has 4 nitrogen and oxygen atoms in total. The SMILES string of the molecule is CN(CCO)Cc1sc(=O)[nH]c1-c1ccc(F)cc1. The van der Waals surface area contributed by atoms with Crippen molar-refractivity contribution in [3.63, 3.8) is 0 Å². The number of benzene rings is 1. The number of thiazole rings is 1. The predicted molar refractivity (Wildman–Crippen MR) is 73.8 cm³/mol. The topological polar surface area (TPSA) is 56.3 Å². The molecular weight excluding hydrogens is 267 g/mol. The number of aliphatic hydroxyl groups excluding tert-OH is 1. The van der Waals surface area contributed by atoms with Crippen molar-refractivity contribution in [3.05, 3.63) is 44.6 Å². The van der Waals surface area contributed by atoms with E-state index in [0.29, 0.717) is 13.1 Å². The molecule has 6 heteroatoms. The van der Waals surface area contributed by atoms with Crippen molar-refractivity contribution in [1.29, 1.82) is 0 Å². The minimum Gasteiger partial charge on any atom is -0.395 e. The lowest BCUT2D eigenvalue weighted by molar-refractivity contribution is 0.218. The molecule has 2 rings (SSSR count). The molecule has 0 aliphatic carbocycles. The molecule has 102 valence electrons. The van der Waals surface area contributed by atoms with Gasteiger partial charge in [-0.15, -0.1) is 0 Å². The molecule has 0 amide bonds. The van der Waals surface area contributed by atoms with Gasteiger partial charge < -0.3 is 10.1 Å². The number of rotatable bonds is 5. The quantitative estimate of drug-likeness (QED) is 0.877. The van der Waals surface area contributed by atoms with Gasteiger partial charge >= 0.3 is 4.87 Å². The van der Waals surface area contributed by atoms with Crippen LogP contribution >= 0.6 is 11.3 Å². The Hall–Kier alpha value is -1.50. The van der Waals surface area contributed by atoms with Gasteiger partial charge in [0.25, 0.3) is 0 Å². The van der Waals surface area contributed by atoms with Crippen LogP contribution in [0.5, 0.6) is 0 Å². The first-order chi connectivity index (χ1) is 9.10. The molecule has 19 heavy (non-hydrogen) atoms. The van der Waals surface area contributed by atoms with Crippen LogP contribution in [-0.2, 0) is 6.54 Å². The number of aliphatic hydroxyl groups is 1. The molecule has 0 aliphatic heterocycles. The molecule has 0 unspecified atom stereocenters. The molecule has 0 saturated carbocycles. The van der Waals surface area contributed by atoms with Crippen molar-refractivity contribution in [2.75, 3.05) is 20.2 Å². The van der Waals surface area contributed by atoms with Gasteiger partial charge in [-0.2, -0.15) is 0 Å². The van der Waals surface area contributed by atoms with E-state index < -0.39 is 0 Å². The summed E-state index contributed by atoms with van der Waals surface area (Å²) in [5.74, 6) is -0.305. The summed E-state index contributed by atoms with van der Waals surface area (Å²) >= 11 is 1.14. The van der Waals surface area contributed by atoms with E-state index in [-0.39, 0.29) is 17.3 Å². The minimum absolute atomic E-state index is 0.0711. The number of H-pyrrole nitrogens is 1. The Morgan fingerprint density at radius 1 is 1.37 bits per heavy atom. The van der Waals surface area contributed by atoms with Gasteiger partial charge in [0.2, 0.25) is 0 Å². The van der Waals surface area contributed by atoms with Crippen molar-refractivity contribution >= 4 is 11.3 Å². The van der Waals surface area contributed by atoms with Gasteiger partial charge in [-0.1, -0.05) is 11.3 Å². The normalized spacial score (nSPS) is 11.2. The van der Waals surface area contributed by atoms with E-state index in [4.69, 9.17) is 5.11 Å². The number of likely N-dealkylation sites (N-methyl/N-ethyl adjacent to an activating group) is 1. The minimum atomic E-state index is -0.305. The highest BCUT2D eigenvalue weighted by atomic mass is 32.1. The van der Waals surface area contributed by atoms with Crippen LogP contribution in [-0.4, -0.2) is 35.2 Å². The molecule has 1 heterocycles. The Morgan fingerprint density at radius 3 is 2.68 bits per heavy atom. The molecule has 0 fully saturated rings. The predicted octanol–water partition coefficient (Wildman–Crippen LogP) is 1.67. The second-order valence-electron chi connectivity index (χ2n) is 4.28. The van der Waals surface area contributed by atoms with E-state index in [2.05, 4.69) is 4.98 Å². The number of hydrogen-bond acceptors (Lipinski definition) is 4. The lowest BCUT2D eigenvalue weighted by atomic mass is 10.1. The lowest BCUT2D eigenvalue weighted by Crippen LogP contribution is -2.21. The third-order valence-corrected chi connectivity index (χ3v) is 3.62. The van der Waals surface area contributed by atoms with Crippen LogP contribution in [0.2, 0.25) is 0 Å². The van der Waals surface area contributed by atoms with Crippen molar-refractivity contribution in [2.45, 2.75) is 6.54 Å². The Labute approximate surface area is 114 Å². The van der Waals surface area contributed by atoms with Crippen LogP contribution in [0.4, 0.5) is 4.39 Å². The average molecular weight is 282 g/mol. The first kappa shape index (κ1) is 13.9.